The van der Waals surface area contributed by atoms with Crippen LogP contribution in [0.5, 0.6) is 0 Å². The molecule has 0 nitrogen and oxygen atoms in total. The number of hydrogen-bond donors (Lipinski definition) is 0. The van der Waals surface area contributed by atoms with Crippen molar-refractivity contribution in [2.45, 2.75) is 66.2 Å². The van der Waals surface area contributed by atoms with E-state index in [1.165, 1.54) is 64.6 Å². The predicted octanol–water partition coefficient (Wildman–Crippen LogP) is 7.05. The minimum atomic E-state index is 1.15. The molecule has 0 heterocycles. The Morgan fingerprint density at radius 3 is 2.29 bits per heavy atom. The molecule has 2 aromatic rings. The van der Waals surface area contributed by atoms with Gasteiger partial charge in [0.2, 0.25) is 0 Å². The lowest BCUT2D eigenvalue weighted by molar-refractivity contribution is 0.779. The molecule has 0 unspecified atom stereocenters. The summed E-state index contributed by atoms with van der Waals surface area (Å²) in [6, 6.07) is 11.8. The van der Waals surface area contributed by atoms with Crippen molar-refractivity contribution in [1.82, 2.24) is 0 Å². The fraction of sp³-hybridized carbons (Fsp3) is 0.417. The van der Waals surface area contributed by atoms with Gasteiger partial charge in [0, 0.05) is 0 Å². The van der Waals surface area contributed by atoms with E-state index in [-0.39, 0.29) is 0 Å². The van der Waals surface area contributed by atoms with Crippen LogP contribution in [-0.4, -0.2) is 0 Å². The number of rotatable bonds is 6. The summed E-state index contributed by atoms with van der Waals surface area (Å²) in [5.41, 5.74) is 11.8. The van der Waals surface area contributed by atoms with E-state index in [4.69, 9.17) is 0 Å². The molecule has 0 saturated carbocycles. The summed E-state index contributed by atoms with van der Waals surface area (Å²) in [5, 5.41) is 0. The van der Waals surface area contributed by atoms with E-state index in [0.717, 1.165) is 12.8 Å². The van der Waals surface area contributed by atoms with Crippen LogP contribution in [0.3, 0.4) is 0 Å². The summed E-state index contributed by atoms with van der Waals surface area (Å²) < 4.78 is 0. The van der Waals surface area contributed by atoms with Gasteiger partial charge in [-0.25, -0.2) is 0 Å². The van der Waals surface area contributed by atoms with Crippen molar-refractivity contribution in [3.63, 3.8) is 0 Å². The van der Waals surface area contributed by atoms with Crippen LogP contribution in [0.15, 0.2) is 35.9 Å². The molecule has 126 valence electrons. The molecule has 0 fully saturated rings. The van der Waals surface area contributed by atoms with Crippen LogP contribution in [0.1, 0.15) is 67.3 Å². The maximum absolute atomic E-state index is 2.50. The van der Waals surface area contributed by atoms with Crippen molar-refractivity contribution in [3.8, 4) is 11.1 Å². The van der Waals surface area contributed by atoms with Crippen molar-refractivity contribution >= 4 is 6.08 Å². The van der Waals surface area contributed by atoms with Gasteiger partial charge in [0.25, 0.3) is 0 Å². The van der Waals surface area contributed by atoms with Gasteiger partial charge in [-0.3, -0.25) is 0 Å². The molecule has 0 spiro atoms. The monoisotopic (exact) mass is 318 g/mol. The minimum absolute atomic E-state index is 1.15. The quantitative estimate of drug-likeness (QED) is 0.535. The lowest BCUT2D eigenvalue weighted by atomic mass is 9.89. The molecule has 24 heavy (non-hydrogen) atoms. The highest BCUT2D eigenvalue weighted by Crippen LogP contribution is 2.39. The first kappa shape index (κ1) is 17.0. The van der Waals surface area contributed by atoms with Crippen LogP contribution in [0.2, 0.25) is 0 Å². The molecular weight excluding hydrogens is 288 g/mol. The molecule has 0 radical (unpaired) electrons. The van der Waals surface area contributed by atoms with Gasteiger partial charge < -0.3 is 0 Å². The normalized spacial score (nSPS) is 13.1. The fourth-order valence-electron chi connectivity index (χ4n) is 4.03. The van der Waals surface area contributed by atoms with Crippen LogP contribution in [0.25, 0.3) is 17.2 Å². The highest BCUT2D eigenvalue weighted by molar-refractivity contribution is 5.83. The van der Waals surface area contributed by atoms with Gasteiger partial charge in [-0.1, -0.05) is 79.8 Å². The van der Waals surface area contributed by atoms with Crippen molar-refractivity contribution in [3.05, 3.63) is 63.7 Å². The molecule has 0 amide bonds. The average Bonchev–Trinajstić information content (AvgIpc) is 2.95. The molecule has 0 heteroatoms. The smallest absolute Gasteiger partial charge is 0.00576 e. The molecular formula is C24H30. The highest BCUT2D eigenvalue weighted by Gasteiger charge is 2.19. The zero-order valence-corrected chi connectivity index (χ0v) is 15.7. The summed E-state index contributed by atoms with van der Waals surface area (Å²) in [5.74, 6) is 0. The second-order valence-electron chi connectivity index (χ2n) is 7.38. The van der Waals surface area contributed by atoms with Crippen molar-refractivity contribution in [1.29, 1.82) is 0 Å². The molecule has 0 aromatic heterocycles. The summed E-state index contributed by atoms with van der Waals surface area (Å²) in [6.07, 6.45) is 9.84. The van der Waals surface area contributed by atoms with E-state index in [1.807, 2.05) is 0 Å². The minimum Gasteiger partial charge on any atom is -0.0654 e. The third-order valence-corrected chi connectivity index (χ3v) is 5.07. The van der Waals surface area contributed by atoms with Crippen LogP contribution in [0.4, 0.5) is 0 Å². The Bertz CT molecular complexity index is 742. The zero-order valence-electron chi connectivity index (χ0n) is 15.7. The topological polar surface area (TPSA) is 0 Å². The van der Waals surface area contributed by atoms with Gasteiger partial charge in [-0.15, -0.1) is 0 Å². The molecule has 2 aromatic carbocycles. The SMILES string of the molecule is CCCCC1=Cc2c(ccc(CCC)c2-c2cc(C)cc(C)c2)C1. The Balaban J connectivity index is 2.13. The van der Waals surface area contributed by atoms with E-state index in [2.05, 4.69) is 64.1 Å². The molecule has 1 aliphatic rings. The Kier molecular flexibility index (Phi) is 5.23. The van der Waals surface area contributed by atoms with Crippen LogP contribution < -0.4 is 0 Å². The molecule has 0 aliphatic heterocycles. The first-order chi connectivity index (χ1) is 11.6. The van der Waals surface area contributed by atoms with Crippen molar-refractivity contribution < 1.29 is 0 Å². The maximum Gasteiger partial charge on any atom is -0.00576 e. The van der Waals surface area contributed by atoms with E-state index < -0.39 is 0 Å². The van der Waals surface area contributed by atoms with Gasteiger partial charge >= 0.3 is 0 Å². The molecule has 0 atom stereocenters. The van der Waals surface area contributed by atoms with Crippen LogP contribution in [-0.2, 0) is 12.8 Å². The van der Waals surface area contributed by atoms with Crippen LogP contribution >= 0.6 is 0 Å². The fourth-order valence-corrected chi connectivity index (χ4v) is 4.03. The zero-order chi connectivity index (χ0) is 17.1. The van der Waals surface area contributed by atoms with Crippen molar-refractivity contribution in [2.24, 2.45) is 0 Å². The largest absolute Gasteiger partial charge is 0.0654 e. The van der Waals surface area contributed by atoms with Gasteiger partial charge in [-0.2, -0.15) is 0 Å². The van der Waals surface area contributed by atoms with Crippen LogP contribution in [0, 0.1) is 13.8 Å². The number of benzene rings is 2. The number of allylic oxidation sites excluding steroid dienone is 1. The standard InChI is InChI=1S/C24H30/c1-5-7-9-19-15-21-11-10-20(8-6-2)24(23(21)16-19)22-13-17(3)12-18(4)14-22/h10-14,16H,5-9,15H2,1-4H3. The number of fused-ring (bicyclic) bond motifs is 1. The lowest BCUT2D eigenvalue weighted by Gasteiger charge is -2.15. The summed E-state index contributed by atoms with van der Waals surface area (Å²) >= 11 is 0. The molecule has 0 N–H and O–H groups in total. The Hall–Kier alpha value is -1.82. The predicted molar refractivity (Wildman–Crippen MR) is 107 cm³/mol. The summed E-state index contributed by atoms with van der Waals surface area (Å²) in [4.78, 5) is 0. The first-order valence-corrected chi connectivity index (χ1v) is 9.55. The van der Waals surface area contributed by atoms with E-state index in [0.29, 0.717) is 0 Å². The highest BCUT2D eigenvalue weighted by atomic mass is 14.2. The maximum atomic E-state index is 2.50. The Labute approximate surface area is 147 Å². The van der Waals surface area contributed by atoms with Gasteiger partial charge in [0.15, 0.2) is 0 Å². The molecule has 0 bridgehead atoms. The van der Waals surface area contributed by atoms with Crippen molar-refractivity contribution in [2.75, 3.05) is 0 Å². The van der Waals surface area contributed by atoms with Gasteiger partial charge in [0.05, 0.1) is 0 Å². The lowest BCUT2D eigenvalue weighted by Crippen LogP contribution is -1.96. The van der Waals surface area contributed by atoms with E-state index in [1.54, 1.807) is 5.57 Å². The second-order valence-corrected chi connectivity index (χ2v) is 7.38. The number of unbranched alkanes of at least 4 members (excludes halogenated alkanes) is 1. The van der Waals surface area contributed by atoms with Gasteiger partial charge in [-0.05, 0) is 67.3 Å². The number of hydrogen-bond acceptors (Lipinski definition) is 0. The summed E-state index contributed by atoms with van der Waals surface area (Å²) in [7, 11) is 0. The third-order valence-electron chi connectivity index (χ3n) is 5.07. The Morgan fingerprint density at radius 1 is 0.875 bits per heavy atom. The molecule has 0 saturated heterocycles. The third kappa shape index (κ3) is 3.48. The van der Waals surface area contributed by atoms with E-state index in [9.17, 15) is 0 Å². The Morgan fingerprint density at radius 2 is 1.62 bits per heavy atom. The molecule has 3 rings (SSSR count). The number of aryl methyl sites for hydroxylation is 3. The average molecular weight is 319 g/mol. The second kappa shape index (κ2) is 7.38. The van der Waals surface area contributed by atoms with E-state index >= 15 is 0 Å². The van der Waals surface area contributed by atoms with Gasteiger partial charge in [0.1, 0.15) is 0 Å². The molecule has 1 aliphatic carbocycles. The summed E-state index contributed by atoms with van der Waals surface area (Å²) in [6.45, 7) is 8.98. The first-order valence-electron chi connectivity index (χ1n) is 9.55.